The predicted molar refractivity (Wildman–Crippen MR) is 96.1 cm³/mol. The zero-order valence-corrected chi connectivity index (χ0v) is 13.7. The van der Waals surface area contributed by atoms with E-state index in [-0.39, 0.29) is 0 Å². The fourth-order valence-electron chi connectivity index (χ4n) is 2.69. The lowest BCUT2D eigenvalue weighted by Crippen LogP contribution is -2.14. The smallest absolute Gasteiger partial charge is 0.118 e. The third-order valence-corrected chi connectivity index (χ3v) is 3.87. The van der Waals surface area contributed by atoms with Crippen molar-refractivity contribution >= 4 is 21.5 Å². The molecule has 0 aromatic heterocycles. The Morgan fingerprint density at radius 2 is 1.39 bits per heavy atom. The van der Waals surface area contributed by atoms with Crippen molar-refractivity contribution in [3.05, 3.63) is 66.0 Å². The van der Waals surface area contributed by atoms with Crippen LogP contribution in [0.1, 0.15) is 6.42 Å². The standard InChI is InChI=1S/C20H22N2O/c1-22(2)14-7-15-23-21-20-18-10-5-3-8-16(18)12-13-17-9-4-6-11-19(17)20/h3-6,8-13H,7,14-15H2,1-2H3. The lowest BCUT2D eigenvalue weighted by atomic mass is 10.1. The van der Waals surface area contributed by atoms with Crippen molar-refractivity contribution in [2.24, 2.45) is 5.16 Å². The van der Waals surface area contributed by atoms with E-state index in [4.69, 9.17) is 4.84 Å². The normalized spacial score (nSPS) is 11.1. The van der Waals surface area contributed by atoms with Crippen LogP contribution in [0.2, 0.25) is 0 Å². The van der Waals surface area contributed by atoms with Gasteiger partial charge in [-0.25, -0.2) is 0 Å². The number of hydrogen-bond acceptors (Lipinski definition) is 3. The Kier molecular flexibility index (Phi) is 4.89. The van der Waals surface area contributed by atoms with Gasteiger partial charge in [-0.2, -0.15) is 0 Å². The molecule has 118 valence electrons. The van der Waals surface area contributed by atoms with Crippen molar-refractivity contribution in [1.29, 1.82) is 0 Å². The van der Waals surface area contributed by atoms with Gasteiger partial charge in [0.2, 0.25) is 0 Å². The molecule has 23 heavy (non-hydrogen) atoms. The Hall–Kier alpha value is -2.39. The molecule has 3 rings (SSSR count). The van der Waals surface area contributed by atoms with Crippen molar-refractivity contribution in [3.8, 4) is 0 Å². The average Bonchev–Trinajstić information content (AvgIpc) is 2.72. The largest absolute Gasteiger partial charge is 0.395 e. The highest BCUT2D eigenvalue weighted by atomic mass is 16.6. The van der Waals surface area contributed by atoms with Gasteiger partial charge in [-0.3, -0.25) is 0 Å². The number of benzene rings is 2. The first-order valence-electron chi connectivity index (χ1n) is 7.97. The number of hydrogen-bond donors (Lipinski definition) is 0. The maximum Gasteiger partial charge on any atom is 0.118 e. The molecule has 0 aliphatic rings. The van der Waals surface area contributed by atoms with Gasteiger partial charge in [-0.05, 0) is 31.3 Å². The van der Waals surface area contributed by atoms with Gasteiger partial charge in [0.1, 0.15) is 12.0 Å². The molecule has 3 aromatic carbocycles. The molecule has 0 bridgehead atoms. The summed E-state index contributed by atoms with van der Waals surface area (Å²) >= 11 is 0. The fourth-order valence-corrected chi connectivity index (χ4v) is 2.69. The molecule has 0 N–H and O–H groups in total. The van der Waals surface area contributed by atoms with Crippen LogP contribution >= 0.6 is 0 Å². The van der Waals surface area contributed by atoms with Gasteiger partial charge >= 0.3 is 0 Å². The SMILES string of the molecule is CN(C)CCCON=c1c2ccccc2ccc2ccccc12. The minimum atomic E-state index is 0.624. The minimum absolute atomic E-state index is 0.624. The molecule has 0 aliphatic carbocycles. The van der Waals surface area contributed by atoms with Gasteiger partial charge in [-0.15, -0.1) is 0 Å². The van der Waals surface area contributed by atoms with E-state index in [9.17, 15) is 0 Å². The summed E-state index contributed by atoms with van der Waals surface area (Å²) in [5.41, 5.74) is 0. The molecular formula is C20H22N2O. The van der Waals surface area contributed by atoms with Crippen LogP contribution in [-0.4, -0.2) is 32.1 Å². The van der Waals surface area contributed by atoms with Gasteiger partial charge in [0.25, 0.3) is 0 Å². The van der Waals surface area contributed by atoms with Crippen LogP contribution in [-0.2, 0) is 4.84 Å². The predicted octanol–water partition coefficient (Wildman–Crippen LogP) is 3.78. The van der Waals surface area contributed by atoms with E-state index in [0.29, 0.717) is 6.61 Å². The Labute approximate surface area is 136 Å². The van der Waals surface area contributed by atoms with Crippen molar-refractivity contribution < 1.29 is 4.84 Å². The molecular weight excluding hydrogens is 284 g/mol. The third-order valence-electron chi connectivity index (χ3n) is 3.87. The van der Waals surface area contributed by atoms with E-state index in [1.807, 2.05) is 12.1 Å². The van der Waals surface area contributed by atoms with Crippen LogP contribution < -0.4 is 5.36 Å². The van der Waals surface area contributed by atoms with E-state index < -0.39 is 0 Å². The summed E-state index contributed by atoms with van der Waals surface area (Å²) in [6, 6.07) is 20.9. The van der Waals surface area contributed by atoms with E-state index >= 15 is 0 Å². The molecule has 3 nitrogen and oxygen atoms in total. The first-order valence-corrected chi connectivity index (χ1v) is 7.97. The summed E-state index contributed by atoms with van der Waals surface area (Å²) in [5, 5.41) is 9.95. The van der Waals surface area contributed by atoms with Crippen molar-refractivity contribution in [1.82, 2.24) is 4.90 Å². The molecule has 0 spiro atoms. The monoisotopic (exact) mass is 306 g/mol. The molecule has 0 saturated carbocycles. The van der Waals surface area contributed by atoms with Crippen LogP contribution in [0, 0.1) is 0 Å². The van der Waals surface area contributed by atoms with Crippen LogP contribution in [0.3, 0.4) is 0 Å². The zero-order chi connectivity index (χ0) is 16.1. The lowest BCUT2D eigenvalue weighted by Gasteiger charge is -2.07. The first kappa shape index (κ1) is 15.5. The van der Waals surface area contributed by atoms with E-state index in [2.05, 4.69) is 72.7 Å². The zero-order valence-electron chi connectivity index (χ0n) is 13.7. The second-order valence-electron chi connectivity index (χ2n) is 5.94. The van der Waals surface area contributed by atoms with E-state index in [1.54, 1.807) is 0 Å². The van der Waals surface area contributed by atoms with Crippen LogP contribution in [0.4, 0.5) is 0 Å². The van der Waals surface area contributed by atoms with Crippen molar-refractivity contribution in [2.45, 2.75) is 6.42 Å². The highest BCUT2D eigenvalue weighted by molar-refractivity contribution is 5.92. The molecule has 0 fully saturated rings. The summed E-state index contributed by atoms with van der Waals surface area (Å²) in [6.07, 6.45) is 0.964. The third kappa shape index (κ3) is 3.69. The number of nitrogens with zero attached hydrogens (tertiary/aromatic N) is 2. The summed E-state index contributed by atoms with van der Waals surface area (Å²) in [6.45, 7) is 1.62. The topological polar surface area (TPSA) is 24.8 Å². The van der Waals surface area contributed by atoms with E-state index in [0.717, 1.165) is 29.1 Å². The first-order chi connectivity index (χ1) is 11.3. The molecule has 0 saturated heterocycles. The molecule has 3 heteroatoms. The Bertz CT molecular complexity index is 810. The number of rotatable bonds is 5. The Morgan fingerprint density at radius 3 is 1.96 bits per heavy atom. The van der Waals surface area contributed by atoms with Crippen molar-refractivity contribution in [2.75, 3.05) is 27.2 Å². The van der Waals surface area contributed by atoms with Crippen LogP contribution in [0.5, 0.6) is 0 Å². The molecule has 0 aliphatic heterocycles. The molecule has 0 radical (unpaired) electrons. The summed E-state index contributed by atoms with van der Waals surface area (Å²) in [4.78, 5) is 7.78. The molecule has 3 aromatic rings. The fraction of sp³-hybridized carbons (Fsp3) is 0.250. The molecule has 0 heterocycles. The quantitative estimate of drug-likeness (QED) is 0.529. The Morgan fingerprint density at radius 1 is 0.826 bits per heavy atom. The second kappa shape index (κ2) is 7.25. The highest BCUT2D eigenvalue weighted by Gasteiger charge is 2.01. The molecule has 0 unspecified atom stereocenters. The van der Waals surface area contributed by atoms with Gasteiger partial charge in [-0.1, -0.05) is 65.8 Å². The maximum absolute atomic E-state index is 5.63. The van der Waals surface area contributed by atoms with Gasteiger partial charge in [0.05, 0.1) is 0 Å². The van der Waals surface area contributed by atoms with Gasteiger partial charge in [0.15, 0.2) is 0 Å². The highest BCUT2D eigenvalue weighted by Crippen LogP contribution is 2.15. The lowest BCUT2D eigenvalue weighted by molar-refractivity contribution is 0.126. The summed E-state index contributed by atoms with van der Waals surface area (Å²) in [5.74, 6) is 0. The summed E-state index contributed by atoms with van der Waals surface area (Å²) < 4.78 is 0. The van der Waals surface area contributed by atoms with Gasteiger partial charge in [0, 0.05) is 17.3 Å². The number of fused-ring (bicyclic) bond motifs is 2. The maximum atomic E-state index is 5.63. The van der Waals surface area contributed by atoms with Gasteiger partial charge < -0.3 is 9.74 Å². The second-order valence-corrected chi connectivity index (χ2v) is 5.94. The Balaban J connectivity index is 2.08. The van der Waals surface area contributed by atoms with E-state index in [1.165, 1.54) is 10.8 Å². The molecule has 0 amide bonds. The van der Waals surface area contributed by atoms with Crippen LogP contribution in [0.15, 0.2) is 65.8 Å². The van der Waals surface area contributed by atoms with Crippen molar-refractivity contribution in [3.63, 3.8) is 0 Å². The summed E-state index contributed by atoms with van der Waals surface area (Å²) in [7, 11) is 4.13. The average molecular weight is 306 g/mol. The minimum Gasteiger partial charge on any atom is -0.395 e. The van der Waals surface area contributed by atoms with Crippen LogP contribution in [0.25, 0.3) is 21.5 Å². The molecule has 0 atom stereocenters.